The normalized spacial score (nSPS) is 18.0. The Morgan fingerprint density at radius 3 is 2.70 bits per heavy atom. The van der Waals surface area contributed by atoms with Crippen molar-refractivity contribution in [3.8, 4) is 0 Å². The molecule has 4 nitrogen and oxygen atoms in total. The summed E-state index contributed by atoms with van der Waals surface area (Å²) in [5.41, 5.74) is -0.289. The molecule has 0 bridgehead atoms. The van der Waals surface area contributed by atoms with Crippen LogP contribution in [0.2, 0.25) is 0 Å². The van der Waals surface area contributed by atoms with Gasteiger partial charge in [0, 0.05) is 10.0 Å². The third kappa shape index (κ3) is 3.83. The maximum atomic E-state index is 12.5. The molecule has 1 aromatic carbocycles. The number of hydrogen-bond acceptors (Lipinski definition) is 4. The van der Waals surface area contributed by atoms with Crippen LogP contribution in [-0.2, 0) is 11.0 Å². The lowest BCUT2D eigenvalue weighted by Gasteiger charge is -2.07. The monoisotopic (exact) mass is 365 g/mol. The molecular weight excluding hydrogens is 359 g/mol. The molecule has 0 unspecified atom stereocenters. The molecule has 0 atom stereocenters. The number of nitrogens with one attached hydrogen (secondary N) is 1. The number of carbonyl (C=O) groups excluding carboxylic acids is 1. The van der Waals surface area contributed by atoms with E-state index in [1.54, 1.807) is 0 Å². The van der Waals surface area contributed by atoms with E-state index in [4.69, 9.17) is 0 Å². The van der Waals surface area contributed by atoms with Gasteiger partial charge in [-0.05, 0) is 12.1 Å². The number of thioether (sulfide) groups is 1. The minimum Gasteiger partial charge on any atom is -0.303 e. The van der Waals surface area contributed by atoms with E-state index in [9.17, 15) is 18.0 Å². The molecule has 0 saturated carbocycles. The summed E-state index contributed by atoms with van der Waals surface area (Å²) in [6.07, 6.45) is -3.08. The van der Waals surface area contributed by atoms with Crippen LogP contribution >= 0.6 is 27.7 Å². The molecule has 0 aromatic heterocycles. The number of rotatable bonds is 2. The molecule has 1 aromatic rings. The van der Waals surface area contributed by atoms with Crippen LogP contribution in [-0.4, -0.2) is 23.0 Å². The van der Waals surface area contributed by atoms with Gasteiger partial charge in [0.05, 0.1) is 17.5 Å². The van der Waals surface area contributed by atoms with Crippen molar-refractivity contribution in [1.29, 1.82) is 0 Å². The largest absolute Gasteiger partial charge is 0.416 e. The third-order valence-corrected chi connectivity index (χ3v) is 3.81. The Morgan fingerprint density at radius 1 is 1.40 bits per heavy atom. The molecule has 1 saturated heterocycles. The lowest BCUT2D eigenvalue weighted by Crippen LogP contribution is -2.19. The molecule has 9 heteroatoms. The van der Waals surface area contributed by atoms with E-state index in [0.29, 0.717) is 16.5 Å². The van der Waals surface area contributed by atoms with Crippen molar-refractivity contribution in [3.63, 3.8) is 0 Å². The lowest BCUT2D eigenvalue weighted by molar-refractivity contribution is -0.137. The van der Waals surface area contributed by atoms with Crippen LogP contribution in [0.5, 0.6) is 0 Å². The second-order valence-corrected chi connectivity index (χ2v) is 5.54. The average Bonchev–Trinajstić information content (AvgIpc) is 2.76. The molecular formula is C11H7BrF3N3OS. The van der Waals surface area contributed by atoms with Gasteiger partial charge in [-0.25, -0.2) is 0 Å². The summed E-state index contributed by atoms with van der Waals surface area (Å²) in [7, 11) is 0. The van der Waals surface area contributed by atoms with Crippen molar-refractivity contribution in [2.24, 2.45) is 10.2 Å². The molecule has 2 rings (SSSR count). The lowest BCUT2D eigenvalue weighted by atomic mass is 10.1. The maximum absolute atomic E-state index is 12.5. The van der Waals surface area contributed by atoms with E-state index < -0.39 is 11.7 Å². The van der Waals surface area contributed by atoms with Crippen molar-refractivity contribution in [1.82, 2.24) is 5.32 Å². The van der Waals surface area contributed by atoms with Crippen LogP contribution in [0.4, 0.5) is 13.2 Å². The number of amidine groups is 1. The highest BCUT2D eigenvalue weighted by atomic mass is 79.9. The second-order valence-electron chi connectivity index (χ2n) is 3.72. The zero-order valence-electron chi connectivity index (χ0n) is 9.74. The molecule has 1 aliphatic heterocycles. The Kier molecular flexibility index (Phi) is 4.48. The number of benzene rings is 1. The van der Waals surface area contributed by atoms with E-state index in [1.165, 1.54) is 24.0 Å². The van der Waals surface area contributed by atoms with Crippen LogP contribution in [0.15, 0.2) is 32.9 Å². The fourth-order valence-electron chi connectivity index (χ4n) is 1.33. The molecule has 0 radical (unpaired) electrons. The van der Waals surface area contributed by atoms with E-state index in [1.807, 2.05) is 0 Å². The molecule has 106 valence electrons. The Morgan fingerprint density at radius 2 is 2.15 bits per heavy atom. The van der Waals surface area contributed by atoms with Crippen molar-refractivity contribution in [2.45, 2.75) is 6.18 Å². The van der Waals surface area contributed by atoms with Crippen molar-refractivity contribution < 1.29 is 18.0 Å². The molecule has 1 fully saturated rings. The van der Waals surface area contributed by atoms with Crippen molar-refractivity contribution in [2.75, 3.05) is 5.75 Å². The summed E-state index contributed by atoms with van der Waals surface area (Å²) in [5, 5.41) is 10.3. The van der Waals surface area contributed by atoms with Gasteiger partial charge in [-0.1, -0.05) is 33.8 Å². The van der Waals surface area contributed by atoms with Gasteiger partial charge in [-0.15, -0.1) is 5.10 Å². The highest BCUT2D eigenvalue weighted by molar-refractivity contribution is 9.10. The number of halogens is 4. The van der Waals surface area contributed by atoms with E-state index in [2.05, 4.69) is 31.4 Å². The first kappa shape index (κ1) is 15.0. The predicted octanol–water partition coefficient (Wildman–Crippen LogP) is 3.02. The molecule has 1 amide bonds. The molecule has 0 aliphatic carbocycles. The molecule has 1 N–H and O–H groups in total. The maximum Gasteiger partial charge on any atom is 0.416 e. The minimum absolute atomic E-state index is 0.153. The fourth-order valence-corrected chi connectivity index (χ4v) is 2.44. The summed E-state index contributed by atoms with van der Waals surface area (Å²) in [6, 6.07) is 3.23. The minimum atomic E-state index is -4.39. The predicted molar refractivity (Wildman–Crippen MR) is 74.8 cm³/mol. The van der Waals surface area contributed by atoms with Gasteiger partial charge < -0.3 is 5.32 Å². The summed E-state index contributed by atoms with van der Waals surface area (Å²) >= 11 is 4.26. The standard InChI is InChI=1S/C11H7BrF3N3OS/c12-8-3-7(11(13,14)15)2-1-6(8)4-16-18-10-17-9(19)5-20-10/h1-4H,5H2,(H,17,18,19). The van der Waals surface area contributed by atoms with Crippen LogP contribution in [0, 0.1) is 0 Å². The molecule has 1 heterocycles. The zero-order chi connectivity index (χ0) is 14.8. The summed E-state index contributed by atoms with van der Waals surface area (Å²) in [4.78, 5) is 10.9. The first-order valence-corrected chi connectivity index (χ1v) is 7.04. The highest BCUT2D eigenvalue weighted by Crippen LogP contribution is 2.31. The Hall–Kier alpha value is -1.35. The van der Waals surface area contributed by atoms with Gasteiger partial charge in [0.25, 0.3) is 0 Å². The molecule has 1 aliphatic rings. The smallest absolute Gasteiger partial charge is 0.303 e. The van der Waals surface area contributed by atoms with Gasteiger partial charge in [-0.3, -0.25) is 4.79 Å². The second kappa shape index (κ2) is 5.96. The zero-order valence-corrected chi connectivity index (χ0v) is 12.1. The van der Waals surface area contributed by atoms with E-state index in [-0.39, 0.29) is 10.4 Å². The van der Waals surface area contributed by atoms with Crippen LogP contribution in [0.25, 0.3) is 0 Å². The van der Waals surface area contributed by atoms with Gasteiger partial charge >= 0.3 is 6.18 Å². The Bertz CT molecular complexity index is 601. The number of carbonyl (C=O) groups is 1. The van der Waals surface area contributed by atoms with Gasteiger partial charge in [0.2, 0.25) is 5.91 Å². The number of hydrogen-bond donors (Lipinski definition) is 1. The van der Waals surface area contributed by atoms with Crippen molar-refractivity contribution >= 4 is 45.0 Å². The van der Waals surface area contributed by atoms with E-state index in [0.717, 1.165) is 12.1 Å². The van der Waals surface area contributed by atoms with Gasteiger partial charge in [0.1, 0.15) is 0 Å². The van der Waals surface area contributed by atoms with Crippen LogP contribution in [0.3, 0.4) is 0 Å². The average molecular weight is 366 g/mol. The quantitative estimate of drug-likeness (QED) is 0.646. The molecule has 0 spiro atoms. The first-order chi connectivity index (χ1) is 9.36. The fraction of sp³-hybridized carbons (Fsp3) is 0.182. The van der Waals surface area contributed by atoms with E-state index >= 15 is 0 Å². The SMILES string of the molecule is O=C1CSC(=NN=Cc2ccc(C(F)(F)F)cc2Br)N1. The highest BCUT2D eigenvalue weighted by Gasteiger charge is 2.30. The van der Waals surface area contributed by atoms with Crippen LogP contribution < -0.4 is 5.32 Å². The van der Waals surface area contributed by atoms with Crippen LogP contribution in [0.1, 0.15) is 11.1 Å². The summed E-state index contributed by atoms with van der Waals surface area (Å²) in [6.45, 7) is 0. The number of amides is 1. The number of nitrogens with zero attached hydrogens (tertiary/aromatic N) is 2. The topological polar surface area (TPSA) is 53.8 Å². The summed E-state index contributed by atoms with van der Waals surface area (Å²) in [5.74, 6) is 0.137. The Labute approximate surface area is 124 Å². The molecule has 20 heavy (non-hydrogen) atoms. The van der Waals surface area contributed by atoms with Gasteiger partial charge in [0.15, 0.2) is 5.17 Å². The summed E-state index contributed by atoms with van der Waals surface area (Å²) < 4.78 is 37.7. The third-order valence-electron chi connectivity index (χ3n) is 2.26. The Balaban J connectivity index is 2.12. The van der Waals surface area contributed by atoms with Crippen molar-refractivity contribution in [3.05, 3.63) is 33.8 Å². The first-order valence-electron chi connectivity index (χ1n) is 5.26. The number of alkyl halides is 3. The van der Waals surface area contributed by atoms with Gasteiger partial charge in [-0.2, -0.15) is 18.3 Å².